The van der Waals surface area contributed by atoms with Crippen LogP contribution in [0, 0.1) is 17.2 Å². The Balaban J connectivity index is 2.02. The van der Waals surface area contributed by atoms with Gasteiger partial charge in [-0.25, -0.2) is 0 Å². The number of allylic oxidation sites excluding steroid dienone is 1. The summed E-state index contributed by atoms with van der Waals surface area (Å²) in [5.41, 5.74) is 1.75. The quantitative estimate of drug-likeness (QED) is 0.656. The maximum Gasteiger partial charge on any atom is 0.245 e. The number of ketones is 1. The average Bonchev–Trinajstić information content (AvgIpc) is 2.62. The SMILES string of the molecule is C[C@H](NC(=O)[C@@H](C#N)C(=O)/C=C/c1ccccc1)c1ccccc1. The van der Waals surface area contributed by atoms with Gasteiger partial charge in [-0.3, -0.25) is 9.59 Å². The molecule has 4 nitrogen and oxygen atoms in total. The summed E-state index contributed by atoms with van der Waals surface area (Å²) in [4.78, 5) is 24.4. The van der Waals surface area contributed by atoms with E-state index in [1.807, 2.05) is 67.6 Å². The zero-order valence-corrected chi connectivity index (χ0v) is 13.3. The number of nitrogens with zero attached hydrogens (tertiary/aromatic N) is 1. The maximum absolute atomic E-state index is 12.2. The fraction of sp³-hybridized carbons (Fsp3) is 0.150. The third-order valence-electron chi connectivity index (χ3n) is 3.57. The second-order valence-corrected chi connectivity index (χ2v) is 5.35. The highest BCUT2D eigenvalue weighted by molar-refractivity contribution is 6.10. The predicted octanol–water partition coefficient (Wildman–Crippen LogP) is 3.29. The molecule has 0 radical (unpaired) electrons. The molecule has 0 aliphatic heterocycles. The smallest absolute Gasteiger partial charge is 0.245 e. The second-order valence-electron chi connectivity index (χ2n) is 5.35. The van der Waals surface area contributed by atoms with Gasteiger partial charge in [0.25, 0.3) is 0 Å². The molecule has 0 spiro atoms. The van der Waals surface area contributed by atoms with Crippen molar-refractivity contribution in [2.75, 3.05) is 0 Å². The van der Waals surface area contributed by atoms with Crippen molar-refractivity contribution in [2.45, 2.75) is 13.0 Å². The average molecular weight is 318 g/mol. The van der Waals surface area contributed by atoms with Crippen LogP contribution < -0.4 is 5.32 Å². The van der Waals surface area contributed by atoms with Crippen molar-refractivity contribution in [3.05, 3.63) is 77.9 Å². The Kier molecular flexibility index (Phi) is 6.04. The number of carbonyl (C=O) groups excluding carboxylic acids is 2. The van der Waals surface area contributed by atoms with E-state index in [9.17, 15) is 14.9 Å². The molecule has 0 aliphatic carbocycles. The van der Waals surface area contributed by atoms with Crippen LogP contribution in [0.25, 0.3) is 6.08 Å². The van der Waals surface area contributed by atoms with E-state index in [1.165, 1.54) is 6.08 Å². The van der Waals surface area contributed by atoms with E-state index in [2.05, 4.69) is 5.32 Å². The van der Waals surface area contributed by atoms with Gasteiger partial charge in [-0.05, 0) is 24.1 Å². The van der Waals surface area contributed by atoms with E-state index < -0.39 is 17.6 Å². The van der Waals surface area contributed by atoms with Crippen LogP contribution >= 0.6 is 0 Å². The standard InChI is InChI=1S/C20H18N2O2/c1-15(17-10-6-3-7-11-17)22-20(24)18(14-21)19(23)13-12-16-8-4-2-5-9-16/h2-13,15,18H,1H3,(H,22,24)/b13-12+/t15-,18-/m0/s1. The Hall–Kier alpha value is -3.19. The molecule has 1 N–H and O–H groups in total. The highest BCUT2D eigenvalue weighted by Gasteiger charge is 2.25. The van der Waals surface area contributed by atoms with Crippen LogP contribution in [0.3, 0.4) is 0 Å². The van der Waals surface area contributed by atoms with Crippen LogP contribution in [0.2, 0.25) is 0 Å². The molecule has 24 heavy (non-hydrogen) atoms. The topological polar surface area (TPSA) is 70.0 Å². The lowest BCUT2D eigenvalue weighted by molar-refractivity contribution is -0.129. The summed E-state index contributed by atoms with van der Waals surface area (Å²) >= 11 is 0. The first-order chi connectivity index (χ1) is 11.6. The summed E-state index contributed by atoms with van der Waals surface area (Å²) < 4.78 is 0. The van der Waals surface area contributed by atoms with E-state index in [1.54, 1.807) is 12.1 Å². The summed E-state index contributed by atoms with van der Waals surface area (Å²) in [5, 5.41) is 11.9. The molecular formula is C20H18N2O2. The van der Waals surface area contributed by atoms with Crippen molar-refractivity contribution in [2.24, 2.45) is 5.92 Å². The molecule has 2 aromatic rings. The fourth-order valence-corrected chi connectivity index (χ4v) is 2.21. The van der Waals surface area contributed by atoms with Crippen LogP contribution in [0.5, 0.6) is 0 Å². The van der Waals surface area contributed by atoms with Gasteiger partial charge in [0.15, 0.2) is 11.7 Å². The number of benzene rings is 2. The van der Waals surface area contributed by atoms with Crippen molar-refractivity contribution >= 4 is 17.8 Å². The van der Waals surface area contributed by atoms with Gasteiger partial charge in [0, 0.05) is 0 Å². The number of hydrogen-bond acceptors (Lipinski definition) is 3. The summed E-state index contributed by atoms with van der Waals surface area (Å²) in [5.74, 6) is -2.47. The third kappa shape index (κ3) is 4.65. The Morgan fingerprint density at radius 2 is 1.62 bits per heavy atom. The first kappa shape index (κ1) is 17.2. The minimum Gasteiger partial charge on any atom is -0.348 e. The molecule has 0 aliphatic rings. The fourth-order valence-electron chi connectivity index (χ4n) is 2.21. The lowest BCUT2D eigenvalue weighted by atomic mass is 10.0. The number of rotatable bonds is 6. The summed E-state index contributed by atoms with van der Waals surface area (Å²) in [6, 6.07) is 20.1. The monoisotopic (exact) mass is 318 g/mol. The summed E-state index contributed by atoms with van der Waals surface area (Å²) in [6.45, 7) is 1.81. The highest BCUT2D eigenvalue weighted by atomic mass is 16.2. The Morgan fingerprint density at radius 3 is 2.21 bits per heavy atom. The Morgan fingerprint density at radius 1 is 1.04 bits per heavy atom. The van der Waals surface area contributed by atoms with E-state index >= 15 is 0 Å². The molecule has 2 atom stereocenters. The normalized spacial score (nSPS) is 13.0. The number of amides is 1. The first-order valence-electron chi connectivity index (χ1n) is 7.63. The highest BCUT2D eigenvalue weighted by Crippen LogP contribution is 2.13. The van der Waals surface area contributed by atoms with Crippen molar-refractivity contribution in [3.63, 3.8) is 0 Å². The molecule has 0 bridgehead atoms. The van der Waals surface area contributed by atoms with Crippen molar-refractivity contribution < 1.29 is 9.59 Å². The molecule has 2 aromatic carbocycles. The predicted molar refractivity (Wildman–Crippen MR) is 92.6 cm³/mol. The summed E-state index contributed by atoms with van der Waals surface area (Å²) in [6.07, 6.45) is 2.87. The molecule has 0 fully saturated rings. The van der Waals surface area contributed by atoms with Gasteiger partial charge in [0.2, 0.25) is 5.91 Å². The molecule has 0 aromatic heterocycles. The molecule has 120 valence electrons. The number of nitriles is 1. The van der Waals surface area contributed by atoms with Crippen LogP contribution in [0.15, 0.2) is 66.7 Å². The van der Waals surface area contributed by atoms with E-state index in [4.69, 9.17) is 0 Å². The van der Waals surface area contributed by atoms with Crippen LogP contribution in [-0.2, 0) is 9.59 Å². The van der Waals surface area contributed by atoms with E-state index in [-0.39, 0.29) is 6.04 Å². The van der Waals surface area contributed by atoms with Gasteiger partial charge in [0.1, 0.15) is 0 Å². The second kappa shape index (κ2) is 8.44. The number of hydrogen-bond donors (Lipinski definition) is 1. The zero-order valence-electron chi connectivity index (χ0n) is 13.3. The molecule has 0 heterocycles. The molecule has 2 rings (SSSR count). The maximum atomic E-state index is 12.2. The van der Waals surface area contributed by atoms with Gasteiger partial charge < -0.3 is 5.32 Å². The molecule has 4 heteroatoms. The molecular weight excluding hydrogens is 300 g/mol. The van der Waals surface area contributed by atoms with Gasteiger partial charge in [0.05, 0.1) is 12.1 Å². The molecule has 1 amide bonds. The van der Waals surface area contributed by atoms with Crippen molar-refractivity contribution in [1.29, 1.82) is 5.26 Å². The van der Waals surface area contributed by atoms with Crippen molar-refractivity contribution in [3.8, 4) is 6.07 Å². The largest absolute Gasteiger partial charge is 0.348 e. The van der Waals surface area contributed by atoms with Crippen LogP contribution in [0.4, 0.5) is 0 Å². The van der Waals surface area contributed by atoms with Gasteiger partial charge >= 0.3 is 0 Å². The molecule has 0 saturated carbocycles. The van der Waals surface area contributed by atoms with E-state index in [0.29, 0.717) is 0 Å². The lowest BCUT2D eigenvalue weighted by Crippen LogP contribution is -2.35. The van der Waals surface area contributed by atoms with Gasteiger partial charge in [-0.2, -0.15) is 5.26 Å². The molecule has 0 saturated heterocycles. The zero-order chi connectivity index (χ0) is 17.4. The third-order valence-corrected chi connectivity index (χ3v) is 3.57. The van der Waals surface area contributed by atoms with Gasteiger partial charge in [-0.15, -0.1) is 0 Å². The number of carbonyl (C=O) groups is 2. The lowest BCUT2D eigenvalue weighted by Gasteiger charge is -2.15. The minimum atomic E-state index is -1.35. The van der Waals surface area contributed by atoms with Gasteiger partial charge in [-0.1, -0.05) is 66.7 Å². The van der Waals surface area contributed by atoms with Crippen LogP contribution in [0.1, 0.15) is 24.1 Å². The Labute approximate surface area is 141 Å². The number of nitrogens with one attached hydrogen (secondary N) is 1. The summed E-state index contributed by atoms with van der Waals surface area (Å²) in [7, 11) is 0. The van der Waals surface area contributed by atoms with Crippen molar-refractivity contribution in [1.82, 2.24) is 5.32 Å². The minimum absolute atomic E-state index is 0.277. The van der Waals surface area contributed by atoms with Crippen LogP contribution in [-0.4, -0.2) is 11.7 Å². The van der Waals surface area contributed by atoms with E-state index in [0.717, 1.165) is 11.1 Å². The Bertz CT molecular complexity index is 761. The molecule has 0 unspecified atom stereocenters. The first-order valence-corrected chi connectivity index (χ1v) is 7.63.